The molecule has 2 heterocycles. The third kappa shape index (κ3) is 6.41. The number of amides is 2. The normalized spacial score (nSPS) is 22.1. The first-order chi connectivity index (χ1) is 10.9. The molecule has 0 spiro atoms. The standard InChI is InChI=1S/C16H26BrN3O2S/c1-12-8-20(9-13(2)22-12)6-4-5-18-16(21)19(3)10-14-7-15(17)23-11-14/h7,11-13H,4-6,8-10H2,1-3H3,(H,18,21)/t12-,13+. The molecule has 0 unspecified atom stereocenters. The van der Waals surface area contributed by atoms with Crippen molar-refractivity contribution in [1.29, 1.82) is 0 Å². The van der Waals surface area contributed by atoms with Crippen LogP contribution in [0.3, 0.4) is 0 Å². The summed E-state index contributed by atoms with van der Waals surface area (Å²) < 4.78 is 6.82. The zero-order valence-corrected chi connectivity index (χ0v) is 16.5. The first-order valence-electron chi connectivity index (χ1n) is 8.03. The molecule has 1 N–H and O–H groups in total. The average Bonchev–Trinajstić information content (AvgIpc) is 2.87. The number of thiophene rings is 1. The Morgan fingerprint density at radius 1 is 1.48 bits per heavy atom. The fourth-order valence-electron chi connectivity index (χ4n) is 2.87. The zero-order valence-electron chi connectivity index (χ0n) is 14.0. The number of carbonyl (C=O) groups is 1. The van der Waals surface area contributed by atoms with E-state index in [2.05, 4.69) is 51.4 Å². The second-order valence-corrected chi connectivity index (χ2v) is 8.51. The van der Waals surface area contributed by atoms with Gasteiger partial charge < -0.3 is 15.0 Å². The van der Waals surface area contributed by atoms with Gasteiger partial charge in [0.2, 0.25) is 0 Å². The van der Waals surface area contributed by atoms with Gasteiger partial charge in [-0.15, -0.1) is 11.3 Å². The minimum atomic E-state index is -0.0176. The fraction of sp³-hybridized carbons (Fsp3) is 0.688. The van der Waals surface area contributed by atoms with E-state index in [4.69, 9.17) is 4.74 Å². The van der Waals surface area contributed by atoms with Crippen molar-refractivity contribution in [2.24, 2.45) is 0 Å². The van der Waals surface area contributed by atoms with E-state index >= 15 is 0 Å². The predicted molar refractivity (Wildman–Crippen MR) is 98.0 cm³/mol. The molecular formula is C16H26BrN3O2S. The van der Waals surface area contributed by atoms with Crippen LogP contribution in [0.2, 0.25) is 0 Å². The van der Waals surface area contributed by atoms with E-state index in [1.54, 1.807) is 16.2 Å². The lowest BCUT2D eigenvalue weighted by molar-refractivity contribution is -0.0679. The summed E-state index contributed by atoms with van der Waals surface area (Å²) >= 11 is 5.08. The van der Waals surface area contributed by atoms with E-state index in [-0.39, 0.29) is 6.03 Å². The molecular weight excluding hydrogens is 378 g/mol. The van der Waals surface area contributed by atoms with Crippen LogP contribution in [0.1, 0.15) is 25.8 Å². The van der Waals surface area contributed by atoms with Crippen molar-refractivity contribution in [3.05, 3.63) is 20.8 Å². The number of nitrogens with zero attached hydrogens (tertiary/aromatic N) is 2. The number of urea groups is 1. The smallest absolute Gasteiger partial charge is 0.317 e. The molecule has 1 aromatic rings. The maximum Gasteiger partial charge on any atom is 0.317 e. The quantitative estimate of drug-likeness (QED) is 0.741. The number of hydrogen-bond donors (Lipinski definition) is 1. The van der Waals surface area contributed by atoms with Crippen LogP contribution in [0.5, 0.6) is 0 Å². The molecule has 2 rings (SSSR count). The molecule has 23 heavy (non-hydrogen) atoms. The number of ether oxygens (including phenoxy) is 1. The highest BCUT2D eigenvalue weighted by Crippen LogP contribution is 2.21. The largest absolute Gasteiger partial charge is 0.373 e. The van der Waals surface area contributed by atoms with Crippen molar-refractivity contribution in [3.63, 3.8) is 0 Å². The first-order valence-corrected chi connectivity index (χ1v) is 9.71. The summed E-state index contributed by atoms with van der Waals surface area (Å²) in [5.74, 6) is 0. The Morgan fingerprint density at radius 2 is 2.17 bits per heavy atom. The van der Waals surface area contributed by atoms with Gasteiger partial charge in [0.1, 0.15) is 0 Å². The SMILES string of the molecule is C[C@@H]1CN(CCCNC(=O)N(C)Cc2csc(Br)c2)C[C@H](C)O1. The molecule has 0 radical (unpaired) electrons. The van der Waals surface area contributed by atoms with Gasteiger partial charge >= 0.3 is 6.03 Å². The summed E-state index contributed by atoms with van der Waals surface area (Å²) in [6, 6.07) is 2.03. The summed E-state index contributed by atoms with van der Waals surface area (Å²) in [4.78, 5) is 16.2. The second kappa shape index (κ2) is 9.01. The summed E-state index contributed by atoms with van der Waals surface area (Å²) in [7, 11) is 1.83. The molecule has 0 bridgehead atoms. The summed E-state index contributed by atoms with van der Waals surface area (Å²) in [5, 5.41) is 5.06. The maximum absolute atomic E-state index is 12.1. The molecule has 0 aliphatic carbocycles. The third-order valence-corrected chi connectivity index (χ3v) is 5.36. The topological polar surface area (TPSA) is 44.8 Å². The van der Waals surface area contributed by atoms with Crippen LogP contribution in [0, 0.1) is 0 Å². The Kier molecular flexibility index (Phi) is 7.33. The van der Waals surface area contributed by atoms with Gasteiger partial charge in [0, 0.05) is 39.8 Å². The van der Waals surface area contributed by atoms with E-state index < -0.39 is 0 Å². The first kappa shape index (κ1) is 18.7. The molecule has 1 aliphatic heterocycles. The Morgan fingerprint density at radius 3 is 2.78 bits per heavy atom. The van der Waals surface area contributed by atoms with Crippen molar-refractivity contribution in [2.45, 2.75) is 39.0 Å². The van der Waals surface area contributed by atoms with Crippen LogP contribution in [0.4, 0.5) is 4.79 Å². The molecule has 5 nitrogen and oxygen atoms in total. The minimum Gasteiger partial charge on any atom is -0.373 e. The molecule has 1 fully saturated rings. The van der Waals surface area contributed by atoms with E-state index in [0.717, 1.165) is 35.4 Å². The van der Waals surface area contributed by atoms with Gasteiger partial charge in [0.25, 0.3) is 0 Å². The maximum atomic E-state index is 12.1. The molecule has 2 amide bonds. The molecule has 0 saturated carbocycles. The highest BCUT2D eigenvalue weighted by Gasteiger charge is 2.21. The van der Waals surface area contributed by atoms with Crippen LogP contribution in [-0.4, -0.2) is 61.3 Å². The van der Waals surface area contributed by atoms with Crippen molar-refractivity contribution in [2.75, 3.05) is 33.2 Å². The van der Waals surface area contributed by atoms with Gasteiger partial charge in [-0.3, -0.25) is 4.90 Å². The Hall–Kier alpha value is -0.630. The van der Waals surface area contributed by atoms with E-state index in [0.29, 0.717) is 25.3 Å². The Bertz CT molecular complexity index is 501. The summed E-state index contributed by atoms with van der Waals surface area (Å²) in [5.41, 5.74) is 1.15. The number of morpholine rings is 1. The van der Waals surface area contributed by atoms with Crippen LogP contribution >= 0.6 is 27.3 Å². The lowest BCUT2D eigenvalue weighted by Gasteiger charge is -2.35. The van der Waals surface area contributed by atoms with Crippen molar-refractivity contribution >= 4 is 33.3 Å². The molecule has 7 heteroatoms. The van der Waals surface area contributed by atoms with Crippen molar-refractivity contribution in [1.82, 2.24) is 15.1 Å². The van der Waals surface area contributed by atoms with Crippen LogP contribution in [0.25, 0.3) is 0 Å². The van der Waals surface area contributed by atoms with Crippen molar-refractivity contribution in [3.8, 4) is 0 Å². The summed E-state index contributed by atoms with van der Waals surface area (Å²) in [6.07, 6.45) is 1.55. The third-order valence-electron chi connectivity index (χ3n) is 3.81. The average molecular weight is 404 g/mol. The number of carbonyl (C=O) groups excluding carboxylic acids is 1. The van der Waals surface area contributed by atoms with E-state index in [1.165, 1.54) is 0 Å². The van der Waals surface area contributed by atoms with Gasteiger partial charge in [0.15, 0.2) is 0 Å². The lowest BCUT2D eigenvalue weighted by atomic mass is 10.2. The highest BCUT2D eigenvalue weighted by molar-refractivity contribution is 9.11. The summed E-state index contributed by atoms with van der Waals surface area (Å²) in [6.45, 7) is 8.52. The fourth-order valence-corrected chi connectivity index (χ4v) is 4.07. The molecule has 1 aliphatic rings. The Balaban J connectivity index is 1.62. The van der Waals surface area contributed by atoms with Crippen LogP contribution in [0.15, 0.2) is 15.2 Å². The monoisotopic (exact) mass is 403 g/mol. The van der Waals surface area contributed by atoms with E-state index in [1.807, 2.05) is 7.05 Å². The van der Waals surface area contributed by atoms with Gasteiger partial charge in [0.05, 0.1) is 16.0 Å². The van der Waals surface area contributed by atoms with E-state index in [9.17, 15) is 4.79 Å². The van der Waals surface area contributed by atoms with Crippen molar-refractivity contribution < 1.29 is 9.53 Å². The molecule has 130 valence electrons. The lowest BCUT2D eigenvalue weighted by Crippen LogP contribution is -2.46. The minimum absolute atomic E-state index is 0.0176. The molecule has 1 saturated heterocycles. The van der Waals surface area contributed by atoms with Gasteiger partial charge in [-0.05, 0) is 53.2 Å². The second-order valence-electron chi connectivity index (χ2n) is 6.22. The van der Waals surface area contributed by atoms with Crippen LogP contribution in [-0.2, 0) is 11.3 Å². The number of halogens is 1. The van der Waals surface area contributed by atoms with Gasteiger partial charge in [-0.1, -0.05) is 0 Å². The van der Waals surface area contributed by atoms with Gasteiger partial charge in [-0.25, -0.2) is 4.79 Å². The Labute approximate surface area is 151 Å². The predicted octanol–water partition coefficient (Wildman–Crippen LogP) is 3.15. The zero-order chi connectivity index (χ0) is 16.8. The highest BCUT2D eigenvalue weighted by atomic mass is 79.9. The molecule has 1 aromatic heterocycles. The molecule has 2 atom stereocenters. The molecule has 0 aromatic carbocycles. The number of rotatable bonds is 6. The van der Waals surface area contributed by atoms with Gasteiger partial charge in [-0.2, -0.15) is 0 Å². The number of nitrogens with one attached hydrogen (secondary N) is 1. The van der Waals surface area contributed by atoms with Crippen LogP contribution < -0.4 is 5.32 Å². The number of hydrogen-bond acceptors (Lipinski definition) is 4.